The maximum atomic E-state index is 13.1. The largest absolute Gasteiger partial charge is 0.242 e. The van der Waals surface area contributed by atoms with Gasteiger partial charge in [-0.05, 0) is 75.6 Å². The molecule has 0 saturated heterocycles. The highest BCUT2D eigenvalue weighted by atomic mass is 32.2. The molecule has 0 radical (unpaired) electrons. The first kappa shape index (κ1) is 23.4. The van der Waals surface area contributed by atoms with Crippen LogP contribution in [0.15, 0.2) is 24.3 Å². The predicted octanol–water partition coefficient (Wildman–Crippen LogP) is 6.91. The van der Waals surface area contributed by atoms with Crippen LogP contribution in [0.1, 0.15) is 104 Å². The SMILES string of the molecule is C[C@H](c1ccccc1P(C1CCCCC1)C1CCCCC1)N(C)S(=O)C(C)(C)C. The first-order valence-electron chi connectivity index (χ1n) is 11.8. The van der Waals surface area contributed by atoms with Gasteiger partial charge in [0.25, 0.3) is 0 Å². The smallest absolute Gasteiger partial charge is 0.1000 e. The molecule has 2 saturated carbocycles. The van der Waals surface area contributed by atoms with Crippen LogP contribution in [-0.4, -0.2) is 31.6 Å². The Morgan fingerprint density at radius 1 is 0.931 bits per heavy atom. The molecule has 0 heterocycles. The Balaban J connectivity index is 1.95. The van der Waals surface area contributed by atoms with E-state index >= 15 is 0 Å². The highest BCUT2D eigenvalue weighted by molar-refractivity contribution is 7.84. The number of benzene rings is 1. The Morgan fingerprint density at radius 2 is 1.41 bits per heavy atom. The van der Waals surface area contributed by atoms with Crippen LogP contribution in [-0.2, 0) is 11.0 Å². The fourth-order valence-electron chi connectivity index (χ4n) is 5.26. The molecule has 0 amide bonds. The minimum Gasteiger partial charge on any atom is -0.242 e. The summed E-state index contributed by atoms with van der Waals surface area (Å²) in [5.41, 5.74) is 3.23. The van der Waals surface area contributed by atoms with Crippen molar-refractivity contribution in [3.8, 4) is 0 Å². The zero-order valence-electron chi connectivity index (χ0n) is 19.3. The van der Waals surface area contributed by atoms with Gasteiger partial charge in [-0.15, -0.1) is 0 Å². The Labute approximate surface area is 183 Å². The number of rotatable bonds is 6. The molecular formula is C25H42NOPS. The molecule has 0 N–H and O–H groups in total. The maximum Gasteiger partial charge on any atom is 0.1000 e. The maximum absolute atomic E-state index is 13.1. The van der Waals surface area contributed by atoms with E-state index in [4.69, 9.17) is 0 Å². The fourth-order valence-corrected chi connectivity index (χ4v) is 10.6. The molecule has 4 heteroatoms. The lowest BCUT2D eigenvalue weighted by Gasteiger charge is -2.41. The van der Waals surface area contributed by atoms with Gasteiger partial charge in [-0.2, -0.15) is 0 Å². The number of hydrogen-bond acceptors (Lipinski definition) is 1. The summed E-state index contributed by atoms with van der Waals surface area (Å²) in [5, 5.41) is 1.63. The first-order valence-corrected chi connectivity index (χ1v) is 14.4. The highest BCUT2D eigenvalue weighted by Crippen LogP contribution is 2.55. The highest BCUT2D eigenvalue weighted by Gasteiger charge is 2.35. The van der Waals surface area contributed by atoms with Crippen LogP contribution in [0.25, 0.3) is 0 Å². The molecule has 2 aliphatic carbocycles. The van der Waals surface area contributed by atoms with Crippen molar-refractivity contribution in [2.75, 3.05) is 7.05 Å². The zero-order chi connectivity index (χ0) is 21.0. The molecule has 29 heavy (non-hydrogen) atoms. The molecule has 1 aromatic rings. The number of hydrogen-bond donors (Lipinski definition) is 0. The van der Waals surface area contributed by atoms with Gasteiger partial charge in [0, 0.05) is 13.1 Å². The zero-order valence-corrected chi connectivity index (χ0v) is 21.0. The minimum absolute atomic E-state index is 0.143. The van der Waals surface area contributed by atoms with Crippen molar-refractivity contribution in [2.24, 2.45) is 0 Å². The summed E-state index contributed by atoms with van der Waals surface area (Å²) in [7, 11) is 0.902. The van der Waals surface area contributed by atoms with Crippen molar-refractivity contribution in [3.63, 3.8) is 0 Å². The second kappa shape index (κ2) is 10.4. The molecule has 0 spiro atoms. The van der Waals surface area contributed by atoms with E-state index in [1.165, 1.54) is 69.8 Å². The van der Waals surface area contributed by atoms with Gasteiger partial charge in [0.1, 0.15) is 0 Å². The molecule has 2 fully saturated rings. The third-order valence-corrected chi connectivity index (χ3v) is 12.4. The minimum atomic E-state index is -1.00. The number of nitrogens with zero attached hydrogens (tertiary/aromatic N) is 1. The van der Waals surface area contributed by atoms with Crippen LogP contribution < -0.4 is 5.30 Å². The van der Waals surface area contributed by atoms with Crippen molar-refractivity contribution in [1.82, 2.24) is 4.31 Å². The van der Waals surface area contributed by atoms with E-state index in [1.54, 1.807) is 5.30 Å². The van der Waals surface area contributed by atoms with Crippen LogP contribution in [0.2, 0.25) is 0 Å². The summed E-state index contributed by atoms with van der Waals surface area (Å²) >= 11 is 0. The fraction of sp³-hybridized carbons (Fsp3) is 0.760. The monoisotopic (exact) mass is 435 g/mol. The molecule has 3 rings (SSSR count). The normalized spacial score (nSPS) is 22.2. The standard InChI is InChI=1S/C25H42NOPS/c1-20(26(5)29(27)25(2,3)4)23-18-12-13-19-24(23)28(21-14-8-6-9-15-21)22-16-10-7-11-17-22/h12-13,18-22H,6-11,14-17H2,1-5H3/t20-,29?/m1/s1. The summed E-state index contributed by atoms with van der Waals surface area (Å²) in [6.45, 7) is 8.50. The predicted molar refractivity (Wildman–Crippen MR) is 131 cm³/mol. The average Bonchev–Trinajstić information content (AvgIpc) is 2.73. The molecule has 0 aromatic heterocycles. The lowest BCUT2D eigenvalue weighted by Crippen LogP contribution is -2.38. The lowest BCUT2D eigenvalue weighted by molar-refractivity contribution is 0.418. The van der Waals surface area contributed by atoms with Crippen molar-refractivity contribution >= 4 is 24.2 Å². The Kier molecular flexibility index (Phi) is 8.38. The van der Waals surface area contributed by atoms with Gasteiger partial charge >= 0.3 is 0 Å². The van der Waals surface area contributed by atoms with Crippen LogP contribution in [0, 0.1) is 0 Å². The van der Waals surface area contributed by atoms with Crippen LogP contribution in [0.3, 0.4) is 0 Å². The molecule has 2 aliphatic rings. The Morgan fingerprint density at radius 3 is 1.90 bits per heavy atom. The van der Waals surface area contributed by atoms with Crippen LogP contribution in [0.4, 0.5) is 0 Å². The van der Waals surface area contributed by atoms with Crippen molar-refractivity contribution in [2.45, 2.75) is 114 Å². The Hall–Kier alpha value is -0.240. The first-order chi connectivity index (χ1) is 13.8. The molecule has 0 aliphatic heterocycles. The van der Waals surface area contributed by atoms with Crippen LogP contribution >= 0.6 is 7.92 Å². The third-order valence-electron chi connectivity index (χ3n) is 6.93. The molecule has 164 valence electrons. The van der Waals surface area contributed by atoms with E-state index in [1.807, 2.05) is 7.05 Å². The summed E-state index contributed by atoms with van der Waals surface area (Å²) in [5.74, 6) is 0. The summed E-state index contributed by atoms with van der Waals surface area (Å²) in [6, 6.07) is 9.40. The van der Waals surface area contributed by atoms with E-state index < -0.39 is 11.0 Å². The molecule has 1 unspecified atom stereocenters. The van der Waals surface area contributed by atoms with E-state index in [9.17, 15) is 4.21 Å². The van der Waals surface area contributed by atoms with E-state index in [0.717, 1.165) is 11.3 Å². The van der Waals surface area contributed by atoms with Gasteiger partial charge in [0.15, 0.2) is 0 Å². The van der Waals surface area contributed by atoms with Gasteiger partial charge in [0.05, 0.1) is 15.7 Å². The van der Waals surface area contributed by atoms with Crippen molar-refractivity contribution < 1.29 is 4.21 Å². The topological polar surface area (TPSA) is 20.3 Å². The lowest BCUT2D eigenvalue weighted by atomic mass is 9.99. The second-order valence-corrected chi connectivity index (χ2v) is 15.2. The molecule has 2 atom stereocenters. The molecule has 1 aromatic carbocycles. The van der Waals surface area contributed by atoms with Crippen molar-refractivity contribution in [3.05, 3.63) is 29.8 Å². The van der Waals surface area contributed by atoms with Crippen LogP contribution in [0.5, 0.6) is 0 Å². The second-order valence-electron chi connectivity index (χ2n) is 10.1. The molecule has 0 bridgehead atoms. The van der Waals surface area contributed by atoms with Gasteiger partial charge in [-0.3, -0.25) is 0 Å². The molecular weight excluding hydrogens is 393 g/mol. The summed E-state index contributed by atoms with van der Waals surface area (Å²) in [4.78, 5) is 0. The van der Waals surface area contributed by atoms with E-state index in [2.05, 4.69) is 56.3 Å². The average molecular weight is 436 g/mol. The van der Waals surface area contributed by atoms with Crippen molar-refractivity contribution in [1.29, 1.82) is 0 Å². The van der Waals surface area contributed by atoms with Gasteiger partial charge in [-0.25, -0.2) is 8.51 Å². The van der Waals surface area contributed by atoms with Gasteiger partial charge in [-0.1, -0.05) is 70.7 Å². The Bertz CT molecular complexity index is 656. The summed E-state index contributed by atoms with van der Waals surface area (Å²) in [6.07, 6.45) is 14.2. The quantitative estimate of drug-likeness (QED) is 0.444. The van der Waals surface area contributed by atoms with Gasteiger partial charge in [0.2, 0.25) is 0 Å². The van der Waals surface area contributed by atoms with E-state index in [0.29, 0.717) is 0 Å². The summed E-state index contributed by atoms with van der Waals surface area (Å²) < 4.78 is 15.0. The molecule has 2 nitrogen and oxygen atoms in total. The third kappa shape index (κ3) is 5.72. The van der Waals surface area contributed by atoms with Gasteiger partial charge < -0.3 is 0 Å². The van der Waals surface area contributed by atoms with E-state index in [-0.39, 0.29) is 18.7 Å².